The maximum atomic E-state index is 11.2. The molecule has 0 unspecified atom stereocenters. The van der Waals surface area contributed by atoms with Crippen molar-refractivity contribution in [1.29, 1.82) is 0 Å². The van der Waals surface area contributed by atoms with Crippen molar-refractivity contribution in [2.75, 3.05) is 12.3 Å². The Kier molecular flexibility index (Phi) is 10.1. The van der Waals surface area contributed by atoms with E-state index in [9.17, 15) is 9.79 Å². The Morgan fingerprint density at radius 3 is 1.62 bits per heavy atom. The monoisotopic (exact) mass is 384 g/mol. The molecule has 0 amide bonds. The second kappa shape index (κ2) is 11.3. The molecule has 0 saturated carbocycles. The molecule has 4 heteroatoms. The van der Waals surface area contributed by atoms with Gasteiger partial charge in [-0.3, -0.25) is 0 Å². The van der Waals surface area contributed by atoms with E-state index in [2.05, 4.69) is 27.7 Å². The van der Waals surface area contributed by atoms with Crippen molar-refractivity contribution < 1.29 is 14.3 Å². The minimum atomic E-state index is -4.13. The number of hydrogen-bond acceptors (Lipinski definition) is 3. The molecular weight excluding hydrogens is 343 g/mol. The SMILES string of the molecule is CC(C)CCCCCP(O)(O)(CCCCCC(C)C)Oc1ccccc1. The van der Waals surface area contributed by atoms with Crippen molar-refractivity contribution in [1.82, 2.24) is 0 Å². The molecular formula is C22H41O3P. The molecule has 0 heterocycles. The number of benzene rings is 1. The molecule has 0 aliphatic heterocycles. The molecule has 0 radical (unpaired) electrons. The van der Waals surface area contributed by atoms with Gasteiger partial charge in [0.05, 0.1) is 0 Å². The second-order valence-electron chi connectivity index (χ2n) is 8.64. The summed E-state index contributed by atoms with van der Waals surface area (Å²) in [5, 5.41) is 0. The number of unbranched alkanes of at least 4 members (excludes halogenated alkanes) is 4. The standard InChI is InChI=1S/C22H41O3P/c1-20(2)14-8-6-12-18-26(23,24,19-13-7-9-15-21(3)4)25-22-16-10-5-11-17-22/h5,10-11,16-17,20-21,23-24H,6-9,12-15,18-19H2,1-4H3. The zero-order chi connectivity index (χ0) is 19.5. The van der Waals surface area contributed by atoms with Crippen LogP contribution in [0.25, 0.3) is 0 Å². The second-order valence-corrected chi connectivity index (χ2v) is 12.3. The van der Waals surface area contributed by atoms with Crippen LogP contribution in [-0.4, -0.2) is 22.1 Å². The van der Waals surface area contributed by atoms with Crippen molar-refractivity contribution in [3.8, 4) is 5.75 Å². The normalized spacial score (nSPS) is 13.8. The van der Waals surface area contributed by atoms with E-state index in [1.165, 1.54) is 12.8 Å². The Bertz CT molecular complexity index is 463. The summed E-state index contributed by atoms with van der Waals surface area (Å²) in [4.78, 5) is 22.4. The molecule has 0 atom stereocenters. The van der Waals surface area contributed by atoms with Gasteiger partial charge in [0, 0.05) is 0 Å². The molecule has 3 nitrogen and oxygen atoms in total. The Morgan fingerprint density at radius 1 is 0.731 bits per heavy atom. The topological polar surface area (TPSA) is 49.7 Å². The molecule has 0 aromatic heterocycles. The molecule has 1 rings (SSSR count). The molecule has 0 fully saturated rings. The molecule has 0 saturated heterocycles. The maximum absolute atomic E-state index is 11.2. The van der Waals surface area contributed by atoms with Crippen LogP contribution in [-0.2, 0) is 0 Å². The van der Waals surface area contributed by atoms with Crippen LogP contribution in [0, 0.1) is 11.8 Å². The van der Waals surface area contributed by atoms with E-state index < -0.39 is 7.28 Å². The van der Waals surface area contributed by atoms with E-state index in [0.717, 1.165) is 38.5 Å². The molecule has 0 spiro atoms. The molecule has 2 N–H and O–H groups in total. The van der Waals surface area contributed by atoms with Gasteiger partial charge in [0.1, 0.15) is 0 Å². The molecule has 1 aromatic carbocycles. The Labute approximate surface area is 161 Å². The summed E-state index contributed by atoms with van der Waals surface area (Å²) in [6.07, 6.45) is 9.13. The zero-order valence-electron chi connectivity index (χ0n) is 17.4. The summed E-state index contributed by atoms with van der Waals surface area (Å²) in [6.45, 7) is 8.92. The van der Waals surface area contributed by atoms with Crippen LogP contribution in [0.3, 0.4) is 0 Å². The van der Waals surface area contributed by atoms with E-state index in [1.54, 1.807) is 0 Å². The molecule has 152 valence electrons. The van der Waals surface area contributed by atoms with Gasteiger partial charge in [-0.05, 0) is 0 Å². The molecule has 0 bridgehead atoms. The average molecular weight is 385 g/mol. The van der Waals surface area contributed by atoms with Crippen molar-refractivity contribution in [3.63, 3.8) is 0 Å². The van der Waals surface area contributed by atoms with Gasteiger partial charge in [0.2, 0.25) is 0 Å². The third kappa shape index (κ3) is 10.5. The van der Waals surface area contributed by atoms with E-state index in [-0.39, 0.29) is 0 Å². The van der Waals surface area contributed by atoms with Crippen LogP contribution in [0.15, 0.2) is 30.3 Å². The van der Waals surface area contributed by atoms with Gasteiger partial charge in [-0.2, -0.15) is 0 Å². The average Bonchev–Trinajstić information content (AvgIpc) is 2.54. The fourth-order valence-electron chi connectivity index (χ4n) is 3.25. The van der Waals surface area contributed by atoms with Gasteiger partial charge >= 0.3 is 161 Å². The zero-order valence-corrected chi connectivity index (χ0v) is 18.3. The first-order valence-corrected chi connectivity index (χ1v) is 12.9. The fraction of sp³-hybridized carbons (Fsp3) is 0.727. The van der Waals surface area contributed by atoms with Gasteiger partial charge in [0.25, 0.3) is 0 Å². The summed E-state index contributed by atoms with van der Waals surface area (Å²) in [5.74, 6) is 1.98. The number of rotatable bonds is 14. The Hall–Kier alpha value is -0.630. The summed E-state index contributed by atoms with van der Waals surface area (Å²) in [7, 11) is -4.13. The summed E-state index contributed by atoms with van der Waals surface area (Å²) >= 11 is 0. The number of hydrogen-bond donors (Lipinski definition) is 2. The minimum absolute atomic E-state index is 0.378. The van der Waals surface area contributed by atoms with Gasteiger partial charge in [-0.1, -0.05) is 0 Å². The molecule has 0 aliphatic rings. The Balaban J connectivity index is 2.60. The van der Waals surface area contributed by atoms with E-state index >= 15 is 0 Å². The van der Waals surface area contributed by atoms with Crippen molar-refractivity contribution >= 4 is 7.28 Å². The van der Waals surface area contributed by atoms with Crippen molar-refractivity contribution in [2.24, 2.45) is 11.8 Å². The van der Waals surface area contributed by atoms with Crippen molar-refractivity contribution in [2.45, 2.75) is 79.1 Å². The van der Waals surface area contributed by atoms with Crippen LogP contribution in [0.5, 0.6) is 5.75 Å². The molecule has 0 aliphatic carbocycles. The van der Waals surface area contributed by atoms with Gasteiger partial charge in [-0.25, -0.2) is 0 Å². The third-order valence-electron chi connectivity index (χ3n) is 4.84. The first-order valence-electron chi connectivity index (χ1n) is 10.5. The van der Waals surface area contributed by atoms with Crippen LogP contribution >= 0.6 is 7.28 Å². The van der Waals surface area contributed by atoms with E-state index in [1.807, 2.05) is 30.3 Å². The first-order chi connectivity index (χ1) is 12.2. The summed E-state index contributed by atoms with van der Waals surface area (Å²) in [6, 6.07) is 9.28. The fourth-order valence-corrected chi connectivity index (χ4v) is 5.98. The summed E-state index contributed by atoms with van der Waals surface area (Å²) in [5.41, 5.74) is 0. The van der Waals surface area contributed by atoms with Gasteiger partial charge in [-0.15, -0.1) is 0 Å². The van der Waals surface area contributed by atoms with Gasteiger partial charge < -0.3 is 0 Å². The summed E-state index contributed by atoms with van der Waals surface area (Å²) < 4.78 is 5.89. The van der Waals surface area contributed by atoms with Gasteiger partial charge in [0.15, 0.2) is 0 Å². The van der Waals surface area contributed by atoms with E-state index in [4.69, 9.17) is 4.52 Å². The van der Waals surface area contributed by atoms with Crippen LogP contribution in [0.4, 0.5) is 0 Å². The first kappa shape index (κ1) is 23.4. The third-order valence-corrected chi connectivity index (χ3v) is 7.90. The predicted molar refractivity (Wildman–Crippen MR) is 115 cm³/mol. The van der Waals surface area contributed by atoms with Crippen molar-refractivity contribution in [3.05, 3.63) is 30.3 Å². The molecule has 26 heavy (non-hydrogen) atoms. The number of para-hydroxylation sites is 1. The Morgan fingerprint density at radius 2 is 1.19 bits per heavy atom. The quantitative estimate of drug-likeness (QED) is 0.274. The predicted octanol–water partition coefficient (Wildman–Crippen LogP) is 6.78. The van der Waals surface area contributed by atoms with E-state index in [0.29, 0.717) is 29.9 Å². The van der Waals surface area contributed by atoms with Crippen LogP contribution < -0.4 is 4.52 Å². The van der Waals surface area contributed by atoms with Crippen LogP contribution in [0.1, 0.15) is 79.1 Å². The molecule has 1 aromatic rings. The van der Waals surface area contributed by atoms with Crippen LogP contribution in [0.2, 0.25) is 0 Å².